The fourth-order valence-corrected chi connectivity index (χ4v) is 4.47. The molecule has 6 heteroatoms. The van der Waals surface area contributed by atoms with Gasteiger partial charge in [0.1, 0.15) is 5.56 Å². The second kappa shape index (κ2) is 7.85. The van der Waals surface area contributed by atoms with Crippen LogP contribution in [-0.4, -0.2) is 34.0 Å². The normalized spacial score (nSPS) is 20.0. The van der Waals surface area contributed by atoms with E-state index >= 15 is 0 Å². The van der Waals surface area contributed by atoms with Crippen LogP contribution >= 0.6 is 0 Å². The first kappa shape index (κ1) is 19.3. The highest BCUT2D eigenvalue weighted by molar-refractivity contribution is 5.35. The van der Waals surface area contributed by atoms with Gasteiger partial charge in [0.25, 0.3) is 11.5 Å². The average Bonchev–Trinajstić information content (AvgIpc) is 3.59. The number of aromatic nitrogens is 2. The average molecular weight is 406 g/mol. The fourth-order valence-electron chi connectivity index (χ4n) is 4.47. The van der Waals surface area contributed by atoms with Gasteiger partial charge in [0.2, 0.25) is 0 Å². The molecule has 156 valence electrons. The van der Waals surface area contributed by atoms with E-state index in [2.05, 4.69) is 41.4 Å². The van der Waals surface area contributed by atoms with E-state index in [4.69, 9.17) is 0 Å². The van der Waals surface area contributed by atoms with Gasteiger partial charge in [-0.15, -0.1) is 0 Å². The molecule has 5 rings (SSSR count). The van der Waals surface area contributed by atoms with E-state index in [9.17, 15) is 9.90 Å². The molecule has 0 radical (unpaired) electrons. The quantitative estimate of drug-likeness (QED) is 0.639. The number of rotatable bonds is 5. The van der Waals surface area contributed by atoms with Crippen LogP contribution in [0.4, 0.5) is 0 Å². The molecule has 0 bridgehead atoms. The number of nitrogens with zero attached hydrogens (tertiary/aromatic N) is 3. The van der Waals surface area contributed by atoms with E-state index in [1.807, 2.05) is 22.8 Å². The summed E-state index contributed by atoms with van der Waals surface area (Å²) in [4.78, 5) is 15.6. The van der Waals surface area contributed by atoms with Gasteiger partial charge in [-0.3, -0.25) is 4.90 Å². The van der Waals surface area contributed by atoms with Crippen molar-refractivity contribution >= 4 is 5.65 Å². The van der Waals surface area contributed by atoms with Crippen LogP contribution < -0.4 is 15.4 Å². The Morgan fingerprint density at radius 3 is 2.73 bits per heavy atom. The van der Waals surface area contributed by atoms with Gasteiger partial charge < -0.3 is 10.4 Å². The van der Waals surface area contributed by atoms with Gasteiger partial charge in [-0.25, -0.2) is 4.79 Å². The fraction of sp³-hybridized carbons (Fsp3) is 0.417. The van der Waals surface area contributed by atoms with Gasteiger partial charge in [0.15, 0.2) is 0 Å². The Labute approximate surface area is 176 Å². The summed E-state index contributed by atoms with van der Waals surface area (Å²) < 4.78 is 3.61. The maximum Gasteiger partial charge on any atom is 0.350 e. The van der Waals surface area contributed by atoms with Crippen LogP contribution in [0.2, 0.25) is 0 Å². The number of benzene rings is 1. The molecule has 2 N–H and O–H groups in total. The molecule has 1 atom stereocenters. The van der Waals surface area contributed by atoms with Crippen LogP contribution in [0.3, 0.4) is 0 Å². The highest BCUT2D eigenvalue weighted by Crippen LogP contribution is 2.30. The monoisotopic (exact) mass is 405 g/mol. The van der Waals surface area contributed by atoms with E-state index in [0.717, 1.165) is 31.8 Å². The molecule has 3 aromatic rings. The molecule has 6 nitrogen and oxygen atoms in total. The largest absolute Gasteiger partial charge is 0.477 e. The van der Waals surface area contributed by atoms with Crippen LogP contribution in [0.25, 0.3) is 5.65 Å². The molecule has 2 aliphatic rings. The van der Waals surface area contributed by atoms with Crippen LogP contribution in [0, 0.1) is 12.8 Å². The summed E-state index contributed by atoms with van der Waals surface area (Å²) in [6, 6.07) is 14.5. The zero-order valence-corrected chi connectivity index (χ0v) is 17.4. The first-order valence-electron chi connectivity index (χ1n) is 10.9. The van der Waals surface area contributed by atoms with Crippen molar-refractivity contribution in [2.24, 2.45) is 5.92 Å². The minimum atomic E-state index is -0.128. The van der Waals surface area contributed by atoms with E-state index < -0.39 is 0 Å². The Hall–Kier alpha value is -2.70. The number of aryl methyl sites for hydroxylation is 1. The van der Waals surface area contributed by atoms with E-state index in [1.165, 1.54) is 24.0 Å². The van der Waals surface area contributed by atoms with Gasteiger partial charge in [0.05, 0.1) is 12.7 Å². The molecule has 3 heterocycles. The lowest BCUT2D eigenvalue weighted by molar-refractivity contribution is -0.684. The lowest BCUT2D eigenvalue weighted by Gasteiger charge is -2.36. The van der Waals surface area contributed by atoms with Gasteiger partial charge >= 0.3 is 5.56 Å². The molecule has 0 spiro atoms. The third kappa shape index (κ3) is 3.61. The summed E-state index contributed by atoms with van der Waals surface area (Å²) in [7, 11) is 0. The maximum atomic E-state index is 13.3. The predicted molar refractivity (Wildman–Crippen MR) is 115 cm³/mol. The maximum absolute atomic E-state index is 13.3. The van der Waals surface area contributed by atoms with E-state index in [0.29, 0.717) is 18.0 Å². The number of nitrogens with one attached hydrogen (secondary N) is 1. The van der Waals surface area contributed by atoms with Crippen molar-refractivity contribution in [3.63, 3.8) is 0 Å². The third-order valence-electron chi connectivity index (χ3n) is 6.43. The van der Waals surface area contributed by atoms with Crippen molar-refractivity contribution in [3.8, 4) is 5.88 Å². The summed E-state index contributed by atoms with van der Waals surface area (Å²) in [5.74, 6) is 0.717. The number of hydrogen-bond donors (Lipinski definition) is 2. The molecule has 30 heavy (non-hydrogen) atoms. The summed E-state index contributed by atoms with van der Waals surface area (Å²) in [5, 5.41) is 14.7. The highest BCUT2D eigenvalue weighted by atomic mass is 16.3. The predicted octanol–water partition coefficient (Wildman–Crippen LogP) is 2.16. The van der Waals surface area contributed by atoms with Crippen LogP contribution in [0.5, 0.6) is 5.88 Å². The Morgan fingerprint density at radius 1 is 1.17 bits per heavy atom. The highest BCUT2D eigenvalue weighted by Gasteiger charge is 2.32. The van der Waals surface area contributed by atoms with E-state index in [1.54, 1.807) is 10.6 Å². The number of aromatic hydroxyl groups is 1. The number of fused-ring (bicyclic) bond motifs is 1. The molecule has 1 aliphatic heterocycles. The first-order chi connectivity index (χ1) is 14.6. The molecular weight excluding hydrogens is 376 g/mol. The second-order valence-corrected chi connectivity index (χ2v) is 8.69. The lowest BCUT2D eigenvalue weighted by atomic mass is 10.0. The van der Waals surface area contributed by atoms with Crippen molar-refractivity contribution < 1.29 is 9.67 Å². The Balaban J connectivity index is 1.55. The zero-order chi connectivity index (χ0) is 20.7. The van der Waals surface area contributed by atoms with Gasteiger partial charge in [0, 0.05) is 38.3 Å². The summed E-state index contributed by atoms with van der Waals surface area (Å²) >= 11 is 0. The lowest BCUT2D eigenvalue weighted by Crippen LogP contribution is -2.48. The molecule has 2 fully saturated rings. The summed E-state index contributed by atoms with van der Waals surface area (Å²) in [5.41, 5.74) is 3.58. The molecular formula is C24H29N4O2+. The number of piperazine rings is 1. The molecule has 1 aliphatic carbocycles. The smallest absolute Gasteiger partial charge is 0.350 e. The summed E-state index contributed by atoms with van der Waals surface area (Å²) in [6.45, 7) is 5.83. The standard InChI is InChI=1S/C24H28N4O2/c1-17-5-9-19(10-6-17)21-14-25-11-13-26(21)16-20-23(29)27-12-3-2-4-22(27)28(24(20)30)15-18-7-8-18/h2-6,9-10,12,18,21,25H,7-8,11,13-16H2,1H3/p+1. The third-order valence-corrected chi connectivity index (χ3v) is 6.43. The number of pyridine rings is 1. The number of hydrogen-bond acceptors (Lipinski definition) is 4. The Morgan fingerprint density at radius 2 is 1.97 bits per heavy atom. The van der Waals surface area contributed by atoms with Gasteiger partial charge in [-0.1, -0.05) is 35.9 Å². The minimum absolute atomic E-state index is 0.124. The Bertz CT molecular complexity index is 1120. The SMILES string of the molecule is Cc1ccc(C2CNCCN2Cc2c(O)[n+](CC3CC3)c3ccccn3c2=O)cc1. The second-order valence-electron chi connectivity index (χ2n) is 8.69. The van der Waals surface area contributed by atoms with Crippen molar-refractivity contribution in [3.05, 3.63) is 75.7 Å². The first-order valence-corrected chi connectivity index (χ1v) is 10.9. The topological polar surface area (TPSA) is 60.9 Å². The van der Waals surface area contributed by atoms with Crippen molar-refractivity contribution in [1.29, 1.82) is 0 Å². The molecule has 2 aromatic heterocycles. The van der Waals surface area contributed by atoms with Crippen molar-refractivity contribution in [2.75, 3.05) is 19.6 Å². The van der Waals surface area contributed by atoms with Gasteiger partial charge in [-0.05, 0) is 37.3 Å². The van der Waals surface area contributed by atoms with Crippen molar-refractivity contribution in [1.82, 2.24) is 14.6 Å². The molecule has 1 aromatic carbocycles. The van der Waals surface area contributed by atoms with Crippen LogP contribution in [0.1, 0.15) is 35.6 Å². The van der Waals surface area contributed by atoms with Crippen LogP contribution in [0.15, 0.2) is 53.5 Å². The zero-order valence-electron chi connectivity index (χ0n) is 17.4. The van der Waals surface area contributed by atoms with Crippen LogP contribution in [-0.2, 0) is 13.1 Å². The van der Waals surface area contributed by atoms with Crippen molar-refractivity contribution in [2.45, 2.75) is 38.9 Å². The molecule has 1 unspecified atom stereocenters. The molecule has 1 saturated heterocycles. The molecule has 1 saturated carbocycles. The Kier molecular flexibility index (Phi) is 5.05. The molecule has 0 amide bonds. The summed E-state index contributed by atoms with van der Waals surface area (Å²) in [6.07, 6.45) is 4.18. The van der Waals surface area contributed by atoms with E-state index in [-0.39, 0.29) is 17.5 Å². The van der Waals surface area contributed by atoms with Gasteiger partial charge in [-0.2, -0.15) is 8.97 Å². The minimum Gasteiger partial charge on any atom is -0.477 e.